The lowest BCUT2D eigenvalue weighted by Gasteiger charge is -2.04. The molecule has 0 heterocycles. The first-order valence-electron chi connectivity index (χ1n) is 4.51. The van der Waals surface area contributed by atoms with Crippen molar-refractivity contribution in [1.82, 2.24) is 0 Å². The largest absolute Gasteiger partial charge is 0.389 e. The Morgan fingerprint density at radius 1 is 1.43 bits per heavy atom. The van der Waals surface area contributed by atoms with Crippen LogP contribution in [0.3, 0.4) is 0 Å². The first-order valence-corrected chi connectivity index (χ1v) is 4.89. The minimum atomic E-state index is -0.413. The maximum atomic E-state index is 12.9. The summed E-state index contributed by atoms with van der Waals surface area (Å²) in [6.07, 6.45) is 2.78. The molecule has 1 aromatic carbocycles. The smallest absolute Gasteiger partial charge is 0.123 e. The van der Waals surface area contributed by atoms with E-state index in [9.17, 15) is 9.50 Å². The van der Waals surface area contributed by atoms with Gasteiger partial charge in [-0.1, -0.05) is 17.7 Å². The highest BCUT2D eigenvalue weighted by Gasteiger charge is 2.16. The number of aliphatic hydroxyl groups is 1. The first kappa shape index (κ1) is 9.69. The quantitative estimate of drug-likeness (QED) is 0.759. The topological polar surface area (TPSA) is 20.2 Å². The minimum absolute atomic E-state index is 0.299. The number of rotatable bonds is 1. The Morgan fingerprint density at radius 2 is 2.21 bits per heavy atom. The van der Waals surface area contributed by atoms with Crippen LogP contribution in [0.4, 0.5) is 4.39 Å². The molecule has 0 aliphatic heterocycles. The van der Waals surface area contributed by atoms with Gasteiger partial charge >= 0.3 is 0 Å². The van der Waals surface area contributed by atoms with Crippen LogP contribution in [0.2, 0.25) is 5.02 Å². The van der Waals surface area contributed by atoms with Gasteiger partial charge in [-0.25, -0.2) is 4.39 Å². The minimum Gasteiger partial charge on any atom is -0.389 e. The summed E-state index contributed by atoms with van der Waals surface area (Å²) in [5.41, 5.74) is 1.63. The summed E-state index contributed by atoms with van der Waals surface area (Å²) >= 11 is 5.93. The average molecular weight is 213 g/mol. The molecule has 1 unspecified atom stereocenters. The van der Waals surface area contributed by atoms with Crippen molar-refractivity contribution in [2.24, 2.45) is 0 Å². The fraction of sp³-hybridized carbons (Fsp3) is 0.273. The molecule has 2 rings (SSSR count). The normalized spacial score (nSPS) is 21.1. The number of aliphatic hydroxyl groups excluding tert-OH is 1. The molecule has 0 aromatic heterocycles. The van der Waals surface area contributed by atoms with Crippen LogP contribution in [0.1, 0.15) is 18.4 Å². The Balaban J connectivity index is 2.41. The second-order valence-electron chi connectivity index (χ2n) is 3.42. The summed E-state index contributed by atoms with van der Waals surface area (Å²) in [5.74, 6) is -0.299. The molecular weight excluding hydrogens is 203 g/mol. The summed E-state index contributed by atoms with van der Waals surface area (Å²) in [6, 6.07) is 4.28. The molecule has 1 aliphatic rings. The number of halogens is 2. The van der Waals surface area contributed by atoms with Crippen molar-refractivity contribution in [3.8, 4) is 0 Å². The van der Waals surface area contributed by atoms with Crippen LogP contribution in [0, 0.1) is 5.82 Å². The molecule has 74 valence electrons. The van der Waals surface area contributed by atoms with Gasteiger partial charge in [0.25, 0.3) is 0 Å². The fourth-order valence-electron chi connectivity index (χ4n) is 1.67. The Labute approximate surface area is 86.8 Å². The zero-order valence-corrected chi connectivity index (χ0v) is 8.26. The summed E-state index contributed by atoms with van der Waals surface area (Å²) in [6.45, 7) is 0. The van der Waals surface area contributed by atoms with Crippen molar-refractivity contribution in [2.75, 3.05) is 0 Å². The fourth-order valence-corrected chi connectivity index (χ4v) is 1.91. The maximum Gasteiger partial charge on any atom is 0.123 e. The van der Waals surface area contributed by atoms with Crippen LogP contribution >= 0.6 is 11.6 Å². The van der Waals surface area contributed by atoms with Gasteiger partial charge < -0.3 is 5.11 Å². The number of benzene rings is 1. The average Bonchev–Trinajstić information content (AvgIpc) is 2.56. The Hall–Kier alpha value is -0.860. The molecule has 1 nitrogen and oxygen atoms in total. The lowest BCUT2D eigenvalue weighted by molar-refractivity contribution is 0.223. The van der Waals surface area contributed by atoms with Gasteiger partial charge in [0.15, 0.2) is 0 Å². The van der Waals surface area contributed by atoms with E-state index in [0.717, 1.165) is 12.0 Å². The van der Waals surface area contributed by atoms with Gasteiger partial charge in [-0.15, -0.1) is 0 Å². The molecule has 0 spiro atoms. The van der Waals surface area contributed by atoms with Gasteiger partial charge in [0.05, 0.1) is 6.10 Å². The number of hydrogen-bond donors (Lipinski definition) is 1. The summed E-state index contributed by atoms with van der Waals surface area (Å²) < 4.78 is 12.9. The van der Waals surface area contributed by atoms with E-state index in [0.29, 0.717) is 17.0 Å². The zero-order chi connectivity index (χ0) is 10.1. The van der Waals surface area contributed by atoms with Crippen LogP contribution in [0.15, 0.2) is 24.3 Å². The lowest BCUT2D eigenvalue weighted by Crippen LogP contribution is -1.93. The predicted molar refractivity (Wildman–Crippen MR) is 54.6 cm³/mol. The molecule has 3 heteroatoms. The highest BCUT2D eigenvalue weighted by molar-refractivity contribution is 6.32. The summed E-state index contributed by atoms with van der Waals surface area (Å²) in [5, 5.41) is 9.84. The SMILES string of the molecule is OC1C=C(c2cc(F)ccc2Cl)CC1. The van der Waals surface area contributed by atoms with Crippen molar-refractivity contribution >= 4 is 17.2 Å². The van der Waals surface area contributed by atoms with Crippen LogP contribution < -0.4 is 0 Å². The molecule has 0 fully saturated rings. The second-order valence-corrected chi connectivity index (χ2v) is 3.83. The molecular formula is C11H10ClFO. The van der Waals surface area contributed by atoms with E-state index < -0.39 is 6.10 Å². The van der Waals surface area contributed by atoms with Crippen molar-refractivity contribution in [1.29, 1.82) is 0 Å². The molecule has 1 aliphatic carbocycles. The van der Waals surface area contributed by atoms with Gasteiger partial charge in [-0.2, -0.15) is 0 Å². The van der Waals surface area contributed by atoms with Gasteiger partial charge in [-0.3, -0.25) is 0 Å². The molecule has 0 saturated heterocycles. The molecule has 1 atom stereocenters. The van der Waals surface area contributed by atoms with E-state index in [1.165, 1.54) is 18.2 Å². The zero-order valence-electron chi connectivity index (χ0n) is 7.50. The van der Waals surface area contributed by atoms with E-state index in [1.54, 1.807) is 6.08 Å². The predicted octanol–water partition coefficient (Wildman–Crippen LogP) is 3.02. The Kier molecular flexibility index (Phi) is 2.57. The standard InChI is InChI=1S/C11H10ClFO/c12-11-4-2-8(13)6-10(11)7-1-3-9(14)5-7/h2,4-6,9,14H,1,3H2. The van der Waals surface area contributed by atoms with E-state index >= 15 is 0 Å². The molecule has 1 aromatic rings. The van der Waals surface area contributed by atoms with Crippen molar-refractivity contribution in [2.45, 2.75) is 18.9 Å². The van der Waals surface area contributed by atoms with Gasteiger partial charge in [-0.05, 0) is 42.2 Å². The lowest BCUT2D eigenvalue weighted by atomic mass is 10.1. The molecule has 14 heavy (non-hydrogen) atoms. The molecule has 1 N–H and O–H groups in total. The van der Waals surface area contributed by atoms with Crippen LogP contribution in [-0.4, -0.2) is 11.2 Å². The van der Waals surface area contributed by atoms with Crippen LogP contribution in [0.5, 0.6) is 0 Å². The van der Waals surface area contributed by atoms with E-state index in [-0.39, 0.29) is 5.82 Å². The Morgan fingerprint density at radius 3 is 2.86 bits per heavy atom. The van der Waals surface area contributed by atoms with Crippen LogP contribution in [0.25, 0.3) is 5.57 Å². The molecule has 0 saturated carbocycles. The monoisotopic (exact) mass is 212 g/mol. The van der Waals surface area contributed by atoms with Gasteiger partial charge in [0.2, 0.25) is 0 Å². The van der Waals surface area contributed by atoms with Gasteiger partial charge in [0, 0.05) is 5.02 Å². The molecule has 0 radical (unpaired) electrons. The van der Waals surface area contributed by atoms with E-state index in [1.807, 2.05) is 0 Å². The van der Waals surface area contributed by atoms with E-state index in [4.69, 9.17) is 11.6 Å². The third kappa shape index (κ3) is 1.81. The Bertz CT molecular complexity index is 387. The van der Waals surface area contributed by atoms with Crippen molar-refractivity contribution in [3.63, 3.8) is 0 Å². The highest BCUT2D eigenvalue weighted by atomic mass is 35.5. The maximum absolute atomic E-state index is 12.9. The first-order chi connectivity index (χ1) is 6.66. The third-order valence-corrected chi connectivity index (χ3v) is 2.71. The number of allylic oxidation sites excluding steroid dienone is 1. The summed E-state index contributed by atoms with van der Waals surface area (Å²) in [4.78, 5) is 0. The van der Waals surface area contributed by atoms with Crippen molar-refractivity contribution in [3.05, 3.63) is 40.7 Å². The highest BCUT2D eigenvalue weighted by Crippen LogP contribution is 2.32. The molecule has 0 amide bonds. The second kappa shape index (κ2) is 3.71. The summed E-state index contributed by atoms with van der Waals surface area (Å²) in [7, 11) is 0. The molecule has 0 bridgehead atoms. The number of hydrogen-bond acceptors (Lipinski definition) is 1. The van der Waals surface area contributed by atoms with E-state index in [2.05, 4.69) is 0 Å². The third-order valence-electron chi connectivity index (χ3n) is 2.38. The van der Waals surface area contributed by atoms with Gasteiger partial charge in [0.1, 0.15) is 5.82 Å². The van der Waals surface area contributed by atoms with Crippen molar-refractivity contribution < 1.29 is 9.50 Å². The van der Waals surface area contributed by atoms with Crippen LogP contribution in [-0.2, 0) is 0 Å².